The van der Waals surface area contributed by atoms with Gasteiger partial charge in [0, 0.05) is 6.07 Å². The van der Waals surface area contributed by atoms with Crippen molar-refractivity contribution in [2.24, 2.45) is 0 Å². The molecule has 1 atom stereocenters. The van der Waals surface area contributed by atoms with Crippen LogP contribution >= 0.6 is 0 Å². The Bertz CT molecular complexity index is 286. The van der Waals surface area contributed by atoms with Gasteiger partial charge in [0.25, 0.3) is 0 Å². The van der Waals surface area contributed by atoms with Crippen molar-refractivity contribution in [2.75, 3.05) is 7.11 Å². The van der Waals surface area contributed by atoms with Crippen LogP contribution in [0.3, 0.4) is 0 Å². The highest BCUT2D eigenvalue weighted by Gasteiger charge is 1.98. The van der Waals surface area contributed by atoms with Gasteiger partial charge in [0.2, 0.25) is 0 Å². The molecule has 0 aliphatic carbocycles. The van der Waals surface area contributed by atoms with Gasteiger partial charge in [-0.25, -0.2) is 0 Å². The van der Waals surface area contributed by atoms with Gasteiger partial charge in [0.15, 0.2) is 0 Å². The third kappa shape index (κ3) is 2.52. The van der Waals surface area contributed by atoms with Gasteiger partial charge >= 0.3 is 11.4 Å². The van der Waals surface area contributed by atoms with Crippen molar-refractivity contribution in [3.8, 4) is 11.5 Å². The van der Waals surface area contributed by atoms with E-state index in [2.05, 4.69) is 4.18 Å². The summed E-state index contributed by atoms with van der Waals surface area (Å²) in [4.78, 5) is 0. The van der Waals surface area contributed by atoms with E-state index in [9.17, 15) is 4.21 Å². The standard InChI is InChI=1S/C7H8O4S/c1-10-6-3-2-4-7(5-6)11-12(8)9/h2-5H,1H3,(H,8,9). The highest BCUT2D eigenvalue weighted by atomic mass is 32.2. The van der Waals surface area contributed by atoms with Crippen LogP contribution in [0, 0.1) is 0 Å². The molecule has 0 heterocycles. The first-order chi connectivity index (χ1) is 5.72. The lowest BCUT2D eigenvalue weighted by molar-refractivity contribution is 0.410. The topological polar surface area (TPSA) is 55.8 Å². The lowest BCUT2D eigenvalue weighted by atomic mass is 10.3. The Labute approximate surface area is 72.6 Å². The van der Waals surface area contributed by atoms with Gasteiger partial charge in [-0.15, -0.1) is 0 Å². The second kappa shape index (κ2) is 4.08. The first-order valence-corrected chi connectivity index (χ1v) is 4.19. The molecule has 0 aromatic heterocycles. The summed E-state index contributed by atoms with van der Waals surface area (Å²) in [5, 5.41) is 0. The SMILES string of the molecule is COc1cccc(OS(=O)O)c1. The van der Waals surface area contributed by atoms with Crippen LogP contribution in [-0.4, -0.2) is 15.9 Å². The van der Waals surface area contributed by atoms with E-state index in [0.29, 0.717) is 11.5 Å². The molecule has 0 radical (unpaired) electrons. The number of rotatable bonds is 3. The first kappa shape index (κ1) is 9.02. The zero-order chi connectivity index (χ0) is 8.97. The Morgan fingerprint density at radius 2 is 2.08 bits per heavy atom. The highest BCUT2D eigenvalue weighted by Crippen LogP contribution is 2.18. The minimum absolute atomic E-state index is 0.301. The lowest BCUT2D eigenvalue weighted by Crippen LogP contribution is -1.97. The zero-order valence-corrected chi connectivity index (χ0v) is 7.21. The summed E-state index contributed by atoms with van der Waals surface area (Å²) in [6, 6.07) is 6.47. The van der Waals surface area contributed by atoms with Crippen LogP contribution in [0.4, 0.5) is 0 Å². The minimum Gasteiger partial charge on any atom is -0.497 e. The van der Waals surface area contributed by atoms with E-state index in [0.717, 1.165) is 0 Å². The number of hydrogen-bond acceptors (Lipinski definition) is 3. The van der Waals surface area contributed by atoms with Gasteiger partial charge in [-0.3, -0.25) is 4.55 Å². The Balaban J connectivity index is 2.79. The molecule has 0 fully saturated rings. The maximum atomic E-state index is 10.2. The molecule has 0 aliphatic heterocycles. The monoisotopic (exact) mass is 188 g/mol. The normalized spacial score (nSPS) is 12.2. The van der Waals surface area contributed by atoms with Crippen molar-refractivity contribution in [3.05, 3.63) is 24.3 Å². The van der Waals surface area contributed by atoms with Crippen molar-refractivity contribution < 1.29 is 17.7 Å². The Hall–Kier alpha value is -1.07. The van der Waals surface area contributed by atoms with Gasteiger partial charge in [-0.2, -0.15) is 4.21 Å². The molecule has 1 aromatic rings. The van der Waals surface area contributed by atoms with Crippen LogP contribution in [0.15, 0.2) is 24.3 Å². The summed E-state index contributed by atoms with van der Waals surface area (Å²) in [5.41, 5.74) is 0. The molecule has 1 rings (SSSR count). The summed E-state index contributed by atoms with van der Waals surface area (Å²) in [6.45, 7) is 0. The number of ether oxygens (including phenoxy) is 1. The van der Waals surface area contributed by atoms with E-state index in [-0.39, 0.29) is 0 Å². The van der Waals surface area contributed by atoms with Crippen LogP contribution in [0.1, 0.15) is 0 Å². The Morgan fingerprint density at radius 3 is 2.67 bits per heavy atom. The van der Waals surface area contributed by atoms with E-state index in [1.54, 1.807) is 18.2 Å². The predicted octanol–water partition coefficient (Wildman–Crippen LogP) is 1.21. The third-order valence-corrected chi connectivity index (χ3v) is 1.54. The van der Waals surface area contributed by atoms with E-state index < -0.39 is 11.4 Å². The maximum Gasteiger partial charge on any atom is 0.357 e. The van der Waals surface area contributed by atoms with Crippen molar-refractivity contribution in [1.29, 1.82) is 0 Å². The van der Waals surface area contributed by atoms with E-state index >= 15 is 0 Å². The zero-order valence-electron chi connectivity index (χ0n) is 6.39. The van der Waals surface area contributed by atoms with Crippen LogP contribution < -0.4 is 8.92 Å². The van der Waals surface area contributed by atoms with E-state index in [4.69, 9.17) is 9.29 Å². The molecule has 5 heteroatoms. The Kier molecular flexibility index (Phi) is 3.07. The quantitative estimate of drug-likeness (QED) is 0.724. The minimum atomic E-state index is -2.28. The second-order valence-corrected chi connectivity index (χ2v) is 2.58. The second-order valence-electron chi connectivity index (χ2n) is 1.98. The van der Waals surface area contributed by atoms with Crippen LogP contribution in [0.5, 0.6) is 11.5 Å². The predicted molar refractivity (Wildman–Crippen MR) is 44.4 cm³/mol. The summed E-state index contributed by atoms with van der Waals surface area (Å²) in [7, 11) is 1.51. The summed E-state index contributed by atoms with van der Waals surface area (Å²) >= 11 is -2.28. The fraction of sp³-hybridized carbons (Fsp3) is 0.143. The third-order valence-electron chi connectivity index (χ3n) is 1.21. The largest absolute Gasteiger partial charge is 0.497 e. The van der Waals surface area contributed by atoms with Gasteiger partial charge < -0.3 is 8.92 Å². The molecule has 0 spiro atoms. The Morgan fingerprint density at radius 1 is 1.42 bits per heavy atom. The molecule has 1 N–H and O–H groups in total. The molecular formula is C7H8O4S. The summed E-state index contributed by atoms with van der Waals surface area (Å²) in [5.74, 6) is 0.883. The van der Waals surface area contributed by atoms with Crippen molar-refractivity contribution >= 4 is 11.4 Å². The molecular weight excluding hydrogens is 180 g/mol. The number of benzene rings is 1. The summed E-state index contributed by atoms with van der Waals surface area (Å²) < 4.78 is 28.0. The van der Waals surface area contributed by atoms with Crippen LogP contribution in [0.2, 0.25) is 0 Å². The van der Waals surface area contributed by atoms with Gasteiger partial charge in [0.05, 0.1) is 7.11 Å². The smallest absolute Gasteiger partial charge is 0.357 e. The van der Waals surface area contributed by atoms with Gasteiger partial charge in [-0.05, 0) is 12.1 Å². The van der Waals surface area contributed by atoms with Crippen molar-refractivity contribution in [1.82, 2.24) is 0 Å². The fourth-order valence-corrected chi connectivity index (χ4v) is 1.00. The molecule has 1 aromatic carbocycles. The van der Waals surface area contributed by atoms with Gasteiger partial charge in [0.1, 0.15) is 11.5 Å². The van der Waals surface area contributed by atoms with Crippen molar-refractivity contribution in [3.63, 3.8) is 0 Å². The molecule has 4 nitrogen and oxygen atoms in total. The van der Waals surface area contributed by atoms with Gasteiger partial charge in [-0.1, -0.05) is 6.07 Å². The number of methoxy groups -OCH3 is 1. The van der Waals surface area contributed by atoms with E-state index in [1.165, 1.54) is 13.2 Å². The molecule has 0 aliphatic rings. The molecule has 0 bridgehead atoms. The molecule has 0 saturated carbocycles. The highest BCUT2D eigenvalue weighted by molar-refractivity contribution is 7.74. The average Bonchev–Trinajstić information content (AvgIpc) is 2.03. The maximum absolute atomic E-state index is 10.2. The summed E-state index contributed by atoms with van der Waals surface area (Å²) in [6.07, 6.45) is 0. The average molecular weight is 188 g/mol. The van der Waals surface area contributed by atoms with Crippen molar-refractivity contribution in [2.45, 2.75) is 0 Å². The molecule has 12 heavy (non-hydrogen) atoms. The molecule has 0 amide bonds. The van der Waals surface area contributed by atoms with Crippen LogP contribution in [0.25, 0.3) is 0 Å². The van der Waals surface area contributed by atoms with E-state index in [1.807, 2.05) is 0 Å². The molecule has 66 valence electrons. The molecule has 0 saturated heterocycles. The molecule has 1 unspecified atom stereocenters. The first-order valence-electron chi connectivity index (χ1n) is 3.15. The lowest BCUT2D eigenvalue weighted by Gasteiger charge is -2.01. The fourth-order valence-electron chi connectivity index (χ4n) is 0.735. The van der Waals surface area contributed by atoms with Crippen LogP contribution in [-0.2, 0) is 11.4 Å². The number of hydrogen-bond donors (Lipinski definition) is 1.